The van der Waals surface area contributed by atoms with Gasteiger partial charge in [0.25, 0.3) is 0 Å². The van der Waals surface area contributed by atoms with Gasteiger partial charge in [0.1, 0.15) is 0 Å². The molecule has 1 unspecified atom stereocenters. The van der Waals surface area contributed by atoms with Crippen molar-refractivity contribution in [2.75, 3.05) is 12.3 Å². The molecule has 0 radical (unpaired) electrons. The molecule has 0 spiro atoms. The van der Waals surface area contributed by atoms with Gasteiger partial charge in [0.15, 0.2) is 0 Å². The molecule has 6 heteroatoms. The van der Waals surface area contributed by atoms with E-state index in [4.69, 9.17) is 5.11 Å². The highest BCUT2D eigenvalue weighted by Crippen LogP contribution is 2.27. The molecule has 0 amide bonds. The van der Waals surface area contributed by atoms with E-state index in [1.54, 1.807) is 4.31 Å². The molecule has 1 N–H and O–H groups in total. The van der Waals surface area contributed by atoms with Crippen molar-refractivity contribution in [3.05, 3.63) is 0 Å². The van der Waals surface area contributed by atoms with E-state index in [0.29, 0.717) is 19.4 Å². The van der Waals surface area contributed by atoms with Gasteiger partial charge in [-0.2, -0.15) is 4.31 Å². The first-order valence-electron chi connectivity index (χ1n) is 7.33. The van der Waals surface area contributed by atoms with E-state index in [2.05, 4.69) is 0 Å². The predicted molar refractivity (Wildman–Crippen MR) is 79.1 cm³/mol. The smallest absolute Gasteiger partial charge is 0.303 e. The summed E-state index contributed by atoms with van der Waals surface area (Å²) in [6.07, 6.45) is 3.72. The zero-order valence-corrected chi connectivity index (χ0v) is 13.6. The maximum Gasteiger partial charge on any atom is 0.303 e. The fourth-order valence-corrected chi connectivity index (χ4v) is 4.65. The van der Waals surface area contributed by atoms with E-state index in [1.807, 2.05) is 20.8 Å². The van der Waals surface area contributed by atoms with Crippen LogP contribution in [0.3, 0.4) is 0 Å². The maximum absolute atomic E-state index is 12.5. The molecule has 1 aliphatic rings. The van der Waals surface area contributed by atoms with Crippen LogP contribution in [0.5, 0.6) is 0 Å². The Bertz CT molecular complexity index is 425. The summed E-state index contributed by atoms with van der Waals surface area (Å²) in [5.74, 6) is -0.706. The molecule has 1 rings (SSSR count). The van der Waals surface area contributed by atoms with Crippen LogP contribution < -0.4 is 0 Å². The Morgan fingerprint density at radius 2 is 1.95 bits per heavy atom. The molecule has 0 aromatic rings. The molecular formula is C14H27NO4S. The topological polar surface area (TPSA) is 74.7 Å². The number of nitrogens with zero attached hydrogens (tertiary/aromatic N) is 1. The fourth-order valence-electron chi connectivity index (χ4n) is 2.47. The van der Waals surface area contributed by atoms with Gasteiger partial charge in [0.05, 0.1) is 5.75 Å². The summed E-state index contributed by atoms with van der Waals surface area (Å²) in [6.45, 7) is 6.62. The Labute approximate surface area is 122 Å². The van der Waals surface area contributed by atoms with Crippen LogP contribution >= 0.6 is 0 Å². The number of carboxylic acids is 1. The number of rotatable bonds is 6. The molecule has 118 valence electrons. The molecule has 1 aliphatic heterocycles. The van der Waals surface area contributed by atoms with Crippen molar-refractivity contribution in [3.63, 3.8) is 0 Å². The van der Waals surface area contributed by atoms with Gasteiger partial charge >= 0.3 is 5.97 Å². The second-order valence-electron chi connectivity index (χ2n) is 6.82. The first-order chi connectivity index (χ1) is 9.12. The van der Waals surface area contributed by atoms with E-state index in [1.165, 1.54) is 0 Å². The Morgan fingerprint density at radius 3 is 2.50 bits per heavy atom. The third kappa shape index (κ3) is 5.79. The molecule has 0 aliphatic carbocycles. The minimum absolute atomic E-state index is 0.0145. The molecule has 0 bridgehead atoms. The quantitative estimate of drug-likeness (QED) is 0.818. The Kier molecular flexibility index (Phi) is 6.01. The maximum atomic E-state index is 12.5. The monoisotopic (exact) mass is 305 g/mol. The summed E-state index contributed by atoms with van der Waals surface area (Å²) in [7, 11) is -3.27. The molecule has 1 atom stereocenters. The third-order valence-electron chi connectivity index (χ3n) is 3.73. The van der Waals surface area contributed by atoms with Crippen LogP contribution in [0.1, 0.15) is 59.3 Å². The lowest BCUT2D eigenvalue weighted by Gasteiger charge is -2.35. The van der Waals surface area contributed by atoms with Crippen LogP contribution in [0.4, 0.5) is 0 Å². The zero-order valence-electron chi connectivity index (χ0n) is 12.8. The average Bonchev–Trinajstić information content (AvgIpc) is 2.33. The minimum atomic E-state index is -3.27. The Hall–Kier alpha value is -0.620. The average molecular weight is 305 g/mol. The highest BCUT2D eigenvalue weighted by molar-refractivity contribution is 7.89. The Morgan fingerprint density at radius 1 is 1.30 bits per heavy atom. The molecule has 0 aromatic heterocycles. The molecule has 1 saturated heterocycles. The SMILES string of the molecule is CC(C)(C)CCS(=O)(=O)N1CCCCC1CCC(=O)O. The number of sulfonamides is 1. The van der Waals surface area contributed by atoms with Crippen molar-refractivity contribution in [3.8, 4) is 0 Å². The zero-order chi connectivity index (χ0) is 15.4. The Balaban J connectivity index is 2.70. The van der Waals surface area contributed by atoms with Crippen molar-refractivity contribution in [2.24, 2.45) is 5.41 Å². The normalized spacial score (nSPS) is 21.9. The summed E-state index contributed by atoms with van der Waals surface area (Å²) in [4.78, 5) is 10.7. The first-order valence-corrected chi connectivity index (χ1v) is 8.94. The minimum Gasteiger partial charge on any atom is -0.481 e. The fraction of sp³-hybridized carbons (Fsp3) is 0.929. The molecule has 0 saturated carbocycles. The largest absolute Gasteiger partial charge is 0.481 e. The number of piperidine rings is 1. The summed E-state index contributed by atoms with van der Waals surface area (Å²) < 4.78 is 26.5. The van der Waals surface area contributed by atoms with Crippen molar-refractivity contribution in [1.29, 1.82) is 0 Å². The lowest BCUT2D eigenvalue weighted by Crippen LogP contribution is -2.45. The number of hydrogen-bond donors (Lipinski definition) is 1. The number of carboxylic acid groups (broad SMARTS) is 1. The molecular weight excluding hydrogens is 278 g/mol. The van der Waals surface area contributed by atoms with Gasteiger partial charge in [-0.1, -0.05) is 27.2 Å². The first kappa shape index (κ1) is 17.4. The third-order valence-corrected chi connectivity index (χ3v) is 5.65. The standard InChI is InChI=1S/C14H27NO4S/c1-14(2,3)9-11-20(18,19)15-10-5-4-6-12(15)7-8-13(16)17/h12H,4-11H2,1-3H3,(H,16,17). The summed E-state index contributed by atoms with van der Waals surface area (Å²) >= 11 is 0. The van der Waals surface area contributed by atoms with Crippen LogP contribution in [-0.2, 0) is 14.8 Å². The predicted octanol–water partition coefficient (Wildman–Crippen LogP) is 2.47. The van der Waals surface area contributed by atoms with Crippen LogP contribution in [0, 0.1) is 5.41 Å². The lowest BCUT2D eigenvalue weighted by molar-refractivity contribution is -0.137. The molecule has 20 heavy (non-hydrogen) atoms. The highest BCUT2D eigenvalue weighted by atomic mass is 32.2. The molecule has 5 nitrogen and oxygen atoms in total. The van der Waals surface area contributed by atoms with Crippen molar-refractivity contribution >= 4 is 16.0 Å². The van der Waals surface area contributed by atoms with Gasteiger partial charge in [0, 0.05) is 19.0 Å². The summed E-state index contributed by atoms with van der Waals surface area (Å²) in [5.41, 5.74) is -0.0145. The van der Waals surface area contributed by atoms with Crippen LogP contribution in [-0.4, -0.2) is 42.1 Å². The highest BCUT2D eigenvalue weighted by Gasteiger charge is 2.32. The van der Waals surface area contributed by atoms with Crippen molar-refractivity contribution in [2.45, 2.75) is 65.3 Å². The van der Waals surface area contributed by atoms with Gasteiger partial charge in [-0.15, -0.1) is 0 Å². The van der Waals surface area contributed by atoms with E-state index in [0.717, 1.165) is 19.3 Å². The number of aliphatic carboxylic acids is 1. The lowest BCUT2D eigenvalue weighted by atomic mass is 9.94. The van der Waals surface area contributed by atoms with E-state index in [9.17, 15) is 13.2 Å². The van der Waals surface area contributed by atoms with Crippen molar-refractivity contribution < 1.29 is 18.3 Å². The van der Waals surface area contributed by atoms with Gasteiger partial charge in [-0.3, -0.25) is 4.79 Å². The van der Waals surface area contributed by atoms with Gasteiger partial charge in [-0.05, 0) is 31.1 Å². The second-order valence-corrected chi connectivity index (χ2v) is 8.86. The molecule has 1 heterocycles. The van der Waals surface area contributed by atoms with Crippen molar-refractivity contribution in [1.82, 2.24) is 4.31 Å². The summed E-state index contributed by atoms with van der Waals surface area (Å²) in [6, 6.07) is -0.134. The molecule has 0 aromatic carbocycles. The van der Waals surface area contributed by atoms with Gasteiger partial charge in [0.2, 0.25) is 10.0 Å². The second kappa shape index (κ2) is 6.89. The number of carbonyl (C=O) groups is 1. The number of hydrogen-bond acceptors (Lipinski definition) is 3. The van der Waals surface area contributed by atoms with Crippen LogP contribution in [0.2, 0.25) is 0 Å². The van der Waals surface area contributed by atoms with E-state index >= 15 is 0 Å². The molecule has 1 fully saturated rings. The van der Waals surface area contributed by atoms with Crippen LogP contribution in [0.15, 0.2) is 0 Å². The van der Waals surface area contributed by atoms with Crippen LogP contribution in [0.25, 0.3) is 0 Å². The van der Waals surface area contributed by atoms with Gasteiger partial charge in [-0.25, -0.2) is 8.42 Å². The summed E-state index contributed by atoms with van der Waals surface area (Å²) in [5, 5.41) is 8.78. The van der Waals surface area contributed by atoms with E-state index < -0.39 is 16.0 Å². The van der Waals surface area contributed by atoms with Gasteiger partial charge < -0.3 is 5.11 Å². The van der Waals surface area contributed by atoms with E-state index in [-0.39, 0.29) is 23.6 Å².